The number of amidine groups is 1. The molecule has 8 heteroatoms. The maximum atomic E-state index is 12.3. The van der Waals surface area contributed by atoms with Gasteiger partial charge in [-0.05, 0) is 37.6 Å². The van der Waals surface area contributed by atoms with Crippen LogP contribution in [-0.2, 0) is 14.8 Å². The minimum absolute atomic E-state index is 0.0405. The van der Waals surface area contributed by atoms with Crippen molar-refractivity contribution in [1.82, 2.24) is 10.2 Å². The molecule has 0 saturated carbocycles. The lowest BCUT2D eigenvalue weighted by Gasteiger charge is -2.23. The smallest absolute Gasteiger partial charge is 0.285 e. The molecule has 0 unspecified atom stereocenters. The Morgan fingerprint density at radius 3 is 2.48 bits per heavy atom. The van der Waals surface area contributed by atoms with Gasteiger partial charge in [-0.3, -0.25) is 4.79 Å². The van der Waals surface area contributed by atoms with Crippen LogP contribution in [0, 0.1) is 0 Å². The van der Waals surface area contributed by atoms with Crippen LogP contribution in [0.1, 0.15) is 18.9 Å². The van der Waals surface area contributed by atoms with Crippen molar-refractivity contribution in [2.24, 2.45) is 4.40 Å². The molecule has 0 fully saturated rings. The van der Waals surface area contributed by atoms with Gasteiger partial charge in [0.25, 0.3) is 10.0 Å². The molecule has 0 saturated heterocycles. The lowest BCUT2D eigenvalue weighted by atomic mass is 10.2. The molecule has 154 valence electrons. The van der Waals surface area contributed by atoms with Crippen LogP contribution in [0.15, 0.2) is 63.9 Å². The molecule has 1 N–H and O–H groups in total. The van der Waals surface area contributed by atoms with Crippen LogP contribution in [0.4, 0.5) is 5.69 Å². The first kappa shape index (κ1) is 20.9. The van der Waals surface area contributed by atoms with Crippen LogP contribution < -0.4 is 10.2 Å². The highest BCUT2D eigenvalue weighted by Crippen LogP contribution is 2.26. The van der Waals surface area contributed by atoms with Crippen molar-refractivity contribution in [1.29, 1.82) is 0 Å². The molecular weight excluding hydrogens is 388 g/mol. The molecule has 0 radical (unpaired) electrons. The molecule has 2 aromatic rings. The Morgan fingerprint density at radius 2 is 1.76 bits per heavy atom. The van der Waals surface area contributed by atoms with Crippen LogP contribution in [-0.4, -0.2) is 58.3 Å². The van der Waals surface area contributed by atoms with E-state index in [1.807, 2.05) is 18.2 Å². The van der Waals surface area contributed by atoms with Gasteiger partial charge in [-0.2, -0.15) is 8.42 Å². The van der Waals surface area contributed by atoms with E-state index < -0.39 is 10.0 Å². The Bertz CT molecular complexity index is 990. The second-order valence-corrected chi connectivity index (χ2v) is 8.43. The van der Waals surface area contributed by atoms with Crippen molar-refractivity contribution in [2.45, 2.75) is 18.2 Å². The van der Waals surface area contributed by atoms with Crippen molar-refractivity contribution in [2.75, 3.05) is 38.1 Å². The van der Waals surface area contributed by atoms with Crippen LogP contribution in [0.25, 0.3) is 0 Å². The molecule has 29 heavy (non-hydrogen) atoms. The molecule has 2 aromatic carbocycles. The zero-order valence-electron chi connectivity index (χ0n) is 16.7. The first-order valence-electron chi connectivity index (χ1n) is 9.64. The maximum Gasteiger partial charge on any atom is 0.285 e. The molecule has 1 aliphatic heterocycles. The van der Waals surface area contributed by atoms with Crippen molar-refractivity contribution in [3.8, 4) is 0 Å². The predicted molar refractivity (Wildman–Crippen MR) is 115 cm³/mol. The second kappa shape index (κ2) is 9.09. The summed E-state index contributed by atoms with van der Waals surface area (Å²) in [7, 11) is -2.02. The summed E-state index contributed by atoms with van der Waals surface area (Å²) in [5.41, 5.74) is 1.70. The fourth-order valence-electron chi connectivity index (χ4n) is 3.32. The first-order chi connectivity index (χ1) is 13.9. The number of amides is 1. The number of hydrogen-bond acceptors (Lipinski definition) is 5. The third-order valence-electron chi connectivity index (χ3n) is 4.78. The highest BCUT2D eigenvalue weighted by Gasteiger charge is 2.30. The maximum absolute atomic E-state index is 12.3. The molecular formula is C21H26N4O3S. The molecule has 0 spiro atoms. The normalized spacial score (nSPS) is 14.1. The topological polar surface area (TPSA) is 82.1 Å². The summed E-state index contributed by atoms with van der Waals surface area (Å²) in [5.74, 6) is 0.136. The highest BCUT2D eigenvalue weighted by atomic mass is 32.2. The summed E-state index contributed by atoms with van der Waals surface area (Å²) in [6.07, 6.45) is 0.816. The second-order valence-electron chi connectivity index (χ2n) is 6.86. The molecule has 0 atom stereocenters. The number of likely N-dealkylation sites (N-methyl/N-ethyl adjacent to an activating group) is 1. The number of rotatable bonds is 8. The molecule has 1 aliphatic rings. The average molecular weight is 415 g/mol. The molecule has 7 nitrogen and oxygen atoms in total. The third kappa shape index (κ3) is 4.95. The van der Waals surface area contributed by atoms with Crippen molar-refractivity contribution >= 4 is 27.5 Å². The highest BCUT2D eigenvalue weighted by molar-refractivity contribution is 7.90. The zero-order valence-corrected chi connectivity index (χ0v) is 17.5. The third-order valence-corrected chi connectivity index (χ3v) is 6.11. The van der Waals surface area contributed by atoms with E-state index in [1.165, 1.54) is 11.8 Å². The molecule has 0 aromatic heterocycles. The minimum atomic E-state index is -3.69. The number of benzene rings is 2. The van der Waals surface area contributed by atoms with Crippen LogP contribution in [0.2, 0.25) is 0 Å². The van der Waals surface area contributed by atoms with Crippen molar-refractivity contribution in [3.05, 3.63) is 60.2 Å². The molecule has 0 aliphatic carbocycles. The summed E-state index contributed by atoms with van der Waals surface area (Å²) in [5, 5.41) is 2.90. The van der Waals surface area contributed by atoms with Gasteiger partial charge in [0.2, 0.25) is 5.91 Å². The fourth-order valence-corrected chi connectivity index (χ4v) is 4.57. The van der Waals surface area contributed by atoms with E-state index in [1.54, 1.807) is 30.1 Å². The Hall–Kier alpha value is -2.87. The molecule has 1 heterocycles. The van der Waals surface area contributed by atoms with Gasteiger partial charge in [-0.1, -0.05) is 30.3 Å². The van der Waals surface area contributed by atoms with Gasteiger partial charge < -0.3 is 15.1 Å². The number of fused-ring (bicyclic) bond motifs is 1. The van der Waals surface area contributed by atoms with E-state index >= 15 is 0 Å². The van der Waals surface area contributed by atoms with Gasteiger partial charge in [0.15, 0.2) is 5.84 Å². The van der Waals surface area contributed by atoms with Gasteiger partial charge in [0.1, 0.15) is 4.90 Å². The Morgan fingerprint density at radius 1 is 1.07 bits per heavy atom. The molecule has 3 rings (SSSR count). The molecule has 0 bridgehead atoms. The summed E-state index contributed by atoms with van der Waals surface area (Å²) in [4.78, 5) is 16.3. The van der Waals surface area contributed by atoms with Crippen molar-refractivity contribution < 1.29 is 13.2 Å². The van der Waals surface area contributed by atoms with Crippen molar-refractivity contribution in [3.63, 3.8) is 0 Å². The van der Waals surface area contributed by atoms with E-state index in [9.17, 15) is 13.2 Å². The fraction of sp³-hybridized carbons (Fsp3) is 0.333. The van der Waals surface area contributed by atoms with Gasteiger partial charge in [-0.25, -0.2) is 0 Å². The van der Waals surface area contributed by atoms with Gasteiger partial charge in [0.05, 0.1) is 6.54 Å². The van der Waals surface area contributed by atoms with Gasteiger partial charge in [0, 0.05) is 37.9 Å². The molecule has 1 amide bonds. The number of hydrogen-bond donors (Lipinski definition) is 1. The monoisotopic (exact) mass is 414 g/mol. The summed E-state index contributed by atoms with van der Waals surface area (Å²) in [6.45, 7) is 4.44. The summed E-state index contributed by atoms with van der Waals surface area (Å²) >= 11 is 0. The first-order valence-corrected chi connectivity index (χ1v) is 11.1. The number of nitrogens with zero attached hydrogens (tertiary/aromatic N) is 3. The van der Waals surface area contributed by atoms with E-state index in [0.29, 0.717) is 17.9 Å². The Labute approximate surface area is 172 Å². The van der Waals surface area contributed by atoms with E-state index in [-0.39, 0.29) is 17.3 Å². The minimum Gasteiger partial charge on any atom is -0.372 e. The number of anilines is 1. The number of carbonyl (C=O) groups is 1. The van der Waals surface area contributed by atoms with Gasteiger partial charge >= 0.3 is 0 Å². The Kier molecular flexibility index (Phi) is 6.53. The van der Waals surface area contributed by atoms with Crippen LogP contribution in [0.5, 0.6) is 0 Å². The average Bonchev–Trinajstić information content (AvgIpc) is 3.00. The standard InChI is InChI=1S/C21H26N4O3S/c1-3-25(17-10-5-4-6-11-17)15-9-14-22-20(26)16-24(2)21-18-12-7-8-13-19(18)29(27,28)23-21/h4-8,10-13H,3,9,14-16H2,1-2H3,(H,22,26). The lowest BCUT2D eigenvalue weighted by molar-refractivity contribution is -0.121. The van der Waals surface area contributed by atoms with Crippen LogP contribution in [0.3, 0.4) is 0 Å². The van der Waals surface area contributed by atoms with E-state index in [4.69, 9.17) is 0 Å². The Balaban J connectivity index is 1.49. The van der Waals surface area contributed by atoms with Gasteiger partial charge in [-0.15, -0.1) is 4.40 Å². The lowest BCUT2D eigenvalue weighted by Crippen LogP contribution is -2.39. The quantitative estimate of drug-likeness (QED) is 0.669. The van der Waals surface area contributed by atoms with E-state index in [2.05, 4.69) is 33.7 Å². The predicted octanol–water partition coefficient (Wildman–Crippen LogP) is 2.10. The zero-order chi connectivity index (χ0) is 20.9. The summed E-state index contributed by atoms with van der Waals surface area (Å²) in [6, 6.07) is 16.8. The number of sulfonamides is 1. The summed E-state index contributed by atoms with van der Waals surface area (Å²) < 4.78 is 28.1. The number of carbonyl (C=O) groups excluding carboxylic acids is 1. The van der Waals surface area contributed by atoms with Crippen LogP contribution >= 0.6 is 0 Å². The largest absolute Gasteiger partial charge is 0.372 e. The SMILES string of the molecule is CCN(CCCNC(=O)CN(C)C1=NS(=O)(=O)c2ccccc21)c1ccccc1. The number of nitrogens with one attached hydrogen (secondary N) is 1. The number of para-hydroxylation sites is 1. The van der Waals surface area contributed by atoms with E-state index in [0.717, 1.165) is 19.5 Å².